The van der Waals surface area contributed by atoms with Crippen molar-refractivity contribution in [2.24, 2.45) is 0 Å². The number of hydrogen-bond donors (Lipinski definition) is 0. The number of nitrogens with zero attached hydrogens (tertiary/aromatic N) is 1. The van der Waals surface area contributed by atoms with Gasteiger partial charge in [0, 0.05) is 11.1 Å². The van der Waals surface area contributed by atoms with E-state index in [1.54, 1.807) is 24.1 Å². The number of rotatable bonds is 3. The van der Waals surface area contributed by atoms with Crippen LogP contribution in [-0.2, 0) is 13.1 Å². The first-order valence-corrected chi connectivity index (χ1v) is 9.70. The SMILES string of the molecule is COc1cccc2c1Oc1ccccc1CN(C(=O)c1ccc(C(C)=O)s1)C2. The number of carbonyl (C=O) groups excluding carboxylic acids is 2. The lowest BCUT2D eigenvalue weighted by Gasteiger charge is -2.28. The maximum absolute atomic E-state index is 13.2. The van der Waals surface area contributed by atoms with Gasteiger partial charge in [0.1, 0.15) is 5.75 Å². The van der Waals surface area contributed by atoms with Crippen LogP contribution >= 0.6 is 11.3 Å². The predicted molar refractivity (Wildman–Crippen MR) is 107 cm³/mol. The highest BCUT2D eigenvalue weighted by atomic mass is 32.1. The van der Waals surface area contributed by atoms with E-state index >= 15 is 0 Å². The second-order valence-corrected chi connectivity index (χ2v) is 7.62. The molecule has 1 aromatic heterocycles. The molecule has 2 aromatic carbocycles. The van der Waals surface area contributed by atoms with Crippen LogP contribution in [-0.4, -0.2) is 23.7 Å². The number of amides is 1. The van der Waals surface area contributed by atoms with Crippen molar-refractivity contribution in [3.05, 3.63) is 75.5 Å². The Bertz CT molecular complexity index is 1060. The molecule has 0 saturated heterocycles. The monoisotopic (exact) mass is 393 g/mol. The summed E-state index contributed by atoms with van der Waals surface area (Å²) in [7, 11) is 1.60. The van der Waals surface area contributed by atoms with Crippen LogP contribution in [0.3, 0.4) is 0 Å². The third-order valence-electron chi connectivity index (χ3n) is 4.64. The van der Waals surface area contributed by atoms with Crippen molar-refractivity contribution < 1.29 is 19.1 Å². The lowest BCUT2D eigenvalue weighted by molar-refractivity contribution is 0.0729. The quantitative estimate of drug-likeness (QED) is 0.594. The van der Waals surface area contributed by atoms with E-state index in [-0.39, 0.29) is 11.7 Å². The third-order valence-corrected chi connectivity index (χ3v) is 5.81. The lowest BCUT2D eigenvalue weighted by atomic mass is 10.1. The molecule has 1 aliphatic rings. The summed E-state index contributed by atoms with van der Waals surface area (Å²) >= 11 is 1.23. The highest BCUT2D eigenvalue weighted by Crippen LogP contribution is 2.39. The van der Waals surface area contributed by atoms with Gasteiger partial charge in [0.2, 0.25) is 0 Å². The number of methoxy groups -OCH3 is 1. The summed E-state index contributed by atoms with van der Waals surface area (Å²) < 4.78 is 11.6. The molecule has 4 rings (SSSR count). The average Bonchev–Trinajstić information content (AvgIpc) is 3.18. The number of hydrogen-bond acceptors (Lipinski definition) is 5. The third kappa shape index (κ3) is 3.39. The van der Waals surface area contributed by atoms with Crippen LogP contribution in [0.25, 0.3) is 0 Å². The summed E-state index contributed by atoms with van der Waals surface area (Å²) in [4.78, 5) is 27.7. The van der Waals surface area contributed by atoms with Crippen molar-refractivity contribution in [3.8, 4) is 17.2 Å². The molecule has 0 atom stereocenters. The van der Waals surface area contributed by atoms with Crippen LogP contribution in [0, 0.1) is 0 Å². The molecule has 0 N–H and O–H groups in total. The number of benzene rings is 2. The Kier molecular flexibility index (Phi) is 4.88. The molecular formula is C22H19NO4S. The van der Waals surface area contributed by atoms with Gasteiger partial charge in [-0.25, -0.2) is 0 Å². The fraction of sp³-hybridized carbons (Fsp3) is 0.182. The number of fused-ring (bicyclic) bond motifs is 2. The summed E-state index contributed by atoms with van der Waals surface area (Å²) in [5, 5.41) is 0. The van der Waals surface area contributed by atoms with Gasteiger partial charge >= 0.3 is 0 Å². The molecule has 0 bridgehead atoms. The van der Waals surface area contributed by atoms with Crippen molar-refractivity contribution >= 4 is 23.0 Å². The van der Waals surface area contributed by atoms with Crippen LogP contribution in [0.5, 0.6) is 17.2 Å². The molecule has 0 saturated carbocycles. The summed E-state index contributed by atoms with van der Waals surface area (Å²) in [5.74, 6) is 1.79. The summed E-state index contributed by atoms with van der Waals surface area (Å²) in [6.07, 6.45) is 0. The van der Waals surface area contributed by atoms with Crippen LogP contribution in [0.1, 0.15) is 37.4 Å². The van der Waals surface area contributed by atoms with Crippen LogP contribution < -0.4 is 9.47 Å². The van der Waals surface area contributed by atoms with Gasteiger partial charge in [-0.1, -0.05) is 30.3 Å². The van der Waals surface area contributed by atoms with E-state index in [0.717, 1.165) is 11.1 Å². The van der Waals surface area contributed by atoms with Crippen LogP contribution in [0.15, 0.2) is 54.6 Å². The summed E-state index contributed by atoms with van der Waals surface area (Å²) in [6.45, 7) is 2.30. The van der Waals surface area contributed by atoms with Gasteiger partial charge in [0.15, 0.2) is 17.3 Å². The van der Waals surface area contributed by atoms with Gasteiger partial charge in [0.05, 0.1) is 30.0 Å². The number of para-hydroxylation sites is 2. The van der Waals surface area contributed by atoms with Crippen molar-refractivity contribution in [2.45, 2.75) is 20.0 Å². The lowest BCUT2D eigenvalue weighted by Crippen LogP contribution is -2.30. The molecular weight excluding hydrogens is 374 g/mol. The molecule has 1 aliphatic heterocycles. The Balaban J connectivity index is 1.77. The van der Waals surface area contributed by atoms with Crippen LogP contribution in [0.4, 0.5) is 0 Å². The first kappa shape index (κ1) is 18.3. The zero-order valence-corrected chi connectivity index (χ0v) is 16.4. The zero-order chi connectivity index (χ0) is 19.7. The normalized spacial score (nSPS) is 12.9. The Morgan fingerprint density at radius 3 is 2.43 bits per heavy atom. The van der Waals surface area contributed by atoms with Crippen molar-refractivity contribution in [2.75, 3.05) is 7.11 Å². The first-order chi connectivity index (χ1) is 13.6. The fourth-order valence-corrected chi connectivity index (χ4v) is 4.08. The molecule has 3 aromatic rings. The second kappa shape index (κ2) is 7.48. The Morgan fingerprint density at radius 1 is 0.964 bits per heavy atom. The molecule has 5 nitrogen and oxygen atoms in total. The van der Waals surface area contributed by atoms with Gasteiger partial charge in [-0.15, -0.1) is 11.3 Å². The molecule has 0 spiro atoms. The number of ketones is 1. The standard InChI is InChI=1S/C22H19NO4S/c1-14(24)19-10-11-20(28-19)22(25)23-12-15-6-3-4-8-17(15)27-21-16(13-23)7-5-9-18(21)26-2/h3-11H,12-13H2,1-2H3. The molecule has 28 heavy (non-hydrogen) atoms. The Hall–Kier alpha value is -3.12. The van der Waals surface area contributed by atoms with E-state index in [2.05, 4.69) is 0 Å². The Labute approximate surface area is 167 Å². The van der Waals surface area contributed by atoms with Gasteiger partial charge < -0.3 is 14.4 Å². The van der Waals surface area contributed by atoms with E-state index in [0.29, 0.717) is 40.1 Å². The number of Topliss-reactive ketones (excluding diaryl/α,β-unsaturated/α-hetero) is 1. The Morgan fingerprint density at radius 2 is 1.68 bits per heavy atom. The molecule has 0 radical (unpaired) electrons. The number of carbonyl (C=O) groups is 2. The topological polar surface area (TPSA) is 55.8 Å². The first-order valence-electron chi connectivity index (χ1n) is 8.88. The maximum atomic E-state index is 13.2. The molecule has 2 heterocycles. The van der Waals surface area contributed by atoms with Crippen molar-refractivity contribution in [1.29, 1.82) is 0 Å². The van der Waals surface area contributed by atoms with E-state index in [9.17, 15) is 9.59 Å². The molecule has 142 valence electrons. The van der Waals surface area contributed by atoms with Crippen molar-refractivity contribution in [1.82, 2.24) is 4.90 Å². The highest BCUT2D eigenvalue weighted by molar-refractivity contribution is 7.15. The van der Waals surface area contributed by atoms with E-state index in [1.165, 1.54) is 18.3 Å². The summed E-state index contributed by atoms with van der Waals surface area (Å²) in [5.41, 5.74) is 1.78. The minimum Gasteiger partial charge on any atom is -0.493 e. The van der Waals surface area contributed by atoms with E-state index in [1.807, 2.05) is 42.5 Å². The van der Waals surface area contributed by atoms with Gasteiger partial charge in [-0.3, -0.25) is 9.59 Å². The van der Waals surface area contributed by atoms with Gasteiger partial charge in [-0.05, 0) is 31.2 Å². The molecule has 0 unspecified atom stereocenters. The fourth-order valence-electron chi connectivity index (χ4n) is 3.21. The van der Waals surface area contributed by atoms with Gasteiger partial charge in [-0.2, -0.15) is 0 Å². The van der Waals surface area contributed by atoms with E-state index < -0.39 is 0 Å². The molecule has 1 amide bonds. The zero-order valence-electron chi connectivity index (χ0n) is 15.6. The highest BCUT2D eigenvalue weighted by Gasteiger charge is 2.25. The largest absolute Gasteiger partial charge is 0.493 e. The van der Waals surface area contributed by atoms with Gasteiger partial charge in [0.25, 0.3) is 5.91 Å². The maximum Gasteiger partial charge on any atom is 0.264 e. The second-order valence-electron chi connectivity index (χ2n) is 6.54. The minimum absolute atomic E-state index is 0.0365. The molecule has 0 aliphatic carbocycles. The minimum atomic E-state index is -0.108. The van der Waals surface area contributed by atoms with Crippen molar-refractivity contribution in [3.63, 3.8) is 0 Å². The number of ether oxygens (including phenoxy) is 2. The number of thiophene rings is 1. The summed E-state index contributed by atoms with van der Waals surface area (Å²) in [6, 6.07) is 16.7. The molecule has 6 heteroatoms. The average molecular weight is 393 g/mol. The van der Waals surface area contributed by atoms with E-state index in [4.69, 9.17) is 9.47 Å². The smallest absolute Gasteiger partial charge is 0.264 e. The van der Waals surface area contributed by atoms with Crippen LogP contribution in [0.2, 0.25) is 0 Å². The predicted octanol–water partition coefficient (Wildman–Crippen LogP) is 4.91. The molecule has 0 fully saturated rings.